The zero-order valence-corrected chi connectivity index (χ0v) is 25.2. The van der Waals surface area contributed by atoms with Crippen LogP contribution in [0.1, 0.15) is 41.4 Å². The number of ether oxygens (including phenoxy) is 2. The Balaban J connectivity index is 1.55. The lowest BCUT2D eigenvalue weighted by Gasteiger charge is -2.37. The molecule has 2 aromatic heterocycles. The van der Waals surface area contributed by atoms with Crippen LogP contribution in [0.25, 0.3) is 16.9 Å². The molecule has 12 heteroatoms. The highest BCUT2D eigenvalue weighted by atomic mass is 19.2. The van der Waals surface area contributed by atoms with Gasteiger partial charge in [0.15, 0.2) is 28.8 Å². The van der Waals surface area contributed by atoms with Gasteiger partial charge in [0.2, 0.25) is 0 Å². The van der Waals surface area contributed by atoms with Gasteiger partial charge in [-0.3, -0.25) is 9.59 Å². The zero-order chi connectivity index (χ0) is 31.7. The molecule has 0 unspecified atom stereocenters. The molecule has 0 radical (unpaired) electrons. The van der Waals surface area contributed by atoms with Crippen molar-refractivity contribution in [2.24, 2.45) is 5.92 Å². The van der Waals surface area contributed by atoms with Crippen LogP contribution < -0.4 is 4.90 Å². The Labute approximate surface area is 253 Å². The summed E-state index contributed by atoms with van der Waals surface area (Å²) in [5, 5.41) is 4.62. The summed E-state index contributed by atoms with van der Waals surface area (Å²) in [6.07, 6.45) is 0.377. The Morgan fingerprint density at radius 3 is 2.39 bits per heavy atom. The largest absolute Gasteiger partial charge is 0.466 e. The van der Waals surface area contributed by atoms with Crippen molar-refractivity contribution in [3.63, 3.8) is 0 Å². The lowest BCUT2D eigenvalue weighted by molar-refractivity contribution is -0.146. The number of carbonyl (C=O) groups is 2. The van der Waals surface area contributed by atoms with Gasteiger partial charge in [-0.05, 0) is 56.4 Å². The monoisotopic (exact) mass is 609 g/mol. The van der Waals surface area contributed by atoms with Crippen LogP contribution in [0.2, 0.25) is 0 Å². The van der Waals surface area contributed by atoms with Crippen molar-refractivity contribution in [2.75, 3.05) is 38.8 Å². The molecular formula is C32H34F3N5O4. The molecule has 0 aliphatic carbocycles. The van der Waals surface area contributed by atoms with Gasteiger partial charge < -0.3 is 19.3 Å². The third-order valence-corrected chi connectivity index (χ3v) is 8.05. The van der Waals surface area contributed by atoms with Gasteiger partial charge in [0.05, 0.1) is 24.8 Å². The number of aryl methyl sites for hydroxylation is 2. The highest BCUT2D eigenvalue weighted by Gasteiger charge is 2.34. The van der Waals surface area contributed by atoms with Crippen LogP contribution in [0, 0.1) is 37.2 Å². The lowest BCUT2D eigenvalue weighted by Crippen LogP contribution is -2.48. The van der Waals surface area contributed by atoms with E-state index in [1.54, 1.807) is 25.0 Å². The Morgan fingerprint density at radius 2 is 1.75 bits per heavy atom. The van der Waals surface area contributed by atoms with Crippen LogP contribution in [0.5, 0.6) is 0 Å². The molecule has 1 saturated heterocycles. The molecule has 44 heavy (non-hydrogen) atoms. The van der Waals surface area contributed by atoms with Gasteiger partial charge in [-0.15, -0.1) is 0 Å². The fourth-order valence-corrected chi connectivity index (χ4v) is 5.85. The maximum absolute atomic E-state index is 14.2. The average molecular weight is 610 g/mol. The number of nitrogens with zero attached hydrogens (tertiary/aromatic N) is 5. The molecule has 3 heterocycles. The van der Waals surface area contributed by atoms with Crippen LogP contribution in [-0.2, 0) is 14.3 Å². The number of rotatable bonds is 8. The third-order valence-electron chi connectivity index (χ3n) is 8.05. The van der Waals surface area contributed by atoms with Gasteiger partial charge in [-0.2, -0.15) is 9.61 Å². The fourth-order valence-electron chi connectivity index (χ4n) is 5.85. The van der Waals surface area contributed by atoms with Crippen molar-refractivity contribution in [3.05, 3.63) is 76.7 Å². The van der Waals surface area contributed by atoms with Crippen LogP contribution in [-0.4, -0.2) is 71.3 Å². The molecule has 1 fully saturated rings. The van der Waals surface area contributed by atoms with Crippen molar-refractivity contribution >= 4 is 29.0 Å². The number of para-hydroxylation sites is 1. The van der Waals surface area contributed by atoms with E-state index in [4.69, 9.17) is 9.47 Å². The molecule has 0 spiro atoms. The minimum atomic E-state index is -1.57. The van der Waals surface area contributed by atoms with E-state index in [-0.39, 0.29) is 59.5 Å². The van der Waals surface area contributed by atoms with Crippen molar-refractivity contribution in [1.29, 1.82) is 0 Å². The molecule has 0 bridgehead atoms. The summed E-state index contributed by atoms with van der Waals surface area (Å²) in [6.45, 7) is 6.61. The molecule has 232 valence electrons. The third kappa shape index (κ3) is 5.99. The number of halogens is 3. The van der Waals surface area contributed by atoms with Gasteiger partial charge >= 0.3 is 5.97 Å². The van der Waals surface area contributed by atoms with Crippen molar-refractivity contribution in [1.82, 2.24) is 19.5 Å². The quantitative estimate of drug-likeness (QED) is 0.189. The van der Waals surface area contributed by atoms with Gasteiger partial charge in [0, 0.05) is 50.6 Å². The fraction of sp³-hybridized carbons (Fsp3) is 0.375. The second-order valence-corrected chi connectivity index (χ2v) is 10.9. The van der Waals surface area contributed by atoms with E-state index in [2.05, 4.69) is 10.1 Å². The molecule has 2 atom stereocenters. The van der Waals surface area contributed by atoms with E-state index in [9.17, 15) is 22.8 Å². The van der Waals surface area contributed by atoms with E-state index in [1.165, 1.54) is 10.6 Å². The predicted molar refractivity (Wildman–Crippen MR) is 158 cm³/mol. The van der Waals surface area contributed by atoms with Crippen LogP contribution in [0.15, 0.2) is 42.5 Å². The number of likely N-dealkylation sites (tertiary alicyclic amines) is 1. The molecular weight excluding hydrogens is 575 g/mol. The normalized spacial score (nSPS) is 16.8. The van der Waals surface area contributed by atoms with Crippen LogP contribution in [0.3, 0.4) is 0 Å². The highest BCUT2D eigenvalue weighted by Crippen LogP contribution is 2.34. The van der Waals surface area contributed by atoms with Gasteiger partial charge in [-0.1, -0.05) is 18.2 Å². The first-order valence-electron chi connectivity index (χ1n) is 14.4. The highest BCUT2D eigenvalue weighted by molar-refractivity contribution is 5.94. The molecule has 1 aliphatic rings. The number of esters is 1. The van der Waals surface area contributed by atoms with Crippen LogP contribution in [0.4, 0.5) is 24.7 Å². The molecule has 0 N–H and O–H groups in total. The SMILES string of the molecule is CCOC(=O)C[C@@H]1CCN(C(=O)c2cc3nc(-c4cc(F)c(F)c(F)c4)cc(N(C)c4c(C)cccc4C)n3n2)C[C@@H]1OC. The molecule has 9 nitrogen and oxygen atoms in total. The number of carbonyl (C=O) groups excluding carboxylic acids is 2. The Bertz CT molecular complexity index is 1680. The summed E-state index contributed by atoms with van der Waals surface area (Å²) < 4.78 is 54.5. The number of anilines is 2. The molecule has 2 aromatic carbocycles. The van der Waals surface area contributed by atoms with E-state index in [0.29, 0.717) is 25.4 Å². The minimum absolute atomic E-state index is 0.0285. The molecule has 0 saturated carbocycles. The van der Waals surface area contributed by atoms with Crippen molar-refractivity contribution in [3.8, 4) is 11.3 Å². The van der Waals surface area contributed by atoms with E-state index < -0.39 is 17.5 Å². The molecule has 1 amide bonds. The number of hydrogen-bond acceptors (Lipinski definition) is 7. The van der Waals surface area contributed by atoms with Crippen molar-refractivity contribution < 1.29 is 32.2 Å². The van der Waals surface area contributed by atoms with E-state index in [0.717, 1.165) is 28.9 Å². The lowest BCUT2D eigenvalue weighted by atomic mass is 9.90. The van der Waals surface area contributed by atoms with Gasteiger partial charge in [0.25, 0.3) is 5.91 Å². The topological polar surface area (TPSA) is 89.3 Å². The second-order valence-electron chi connectivity index (χ2n) is 10.9. The van der Waals surface area contributed by atoms with Gasteiger partial charge in [-0.25, -0.2) is 18.2 Å². The summed E-state index contributed by atoms with van der Waals surface area (Å²) in [7, 11) is 3.37. The van der Waals surface area contributed by atoms with Gasteiger partial charge in [0.1, 0.15) is 5.82 Å². The maximum Gasteiger partial charge on any atom is 0.306 e. The Hall–Kier alpha value is -4.45. The smallest absolute Gasteiger partial charge is 0.306 e. The predicted octanol–water partition coefficient (Wildman–Crippen LogP) is 5.63. The van der Waals surface area contributed by atoms with Crippen LogP contribution >= 0.6 is 0 Å². The van der Waals surface area contributed by atoms with E-state index >= 15 is 0 Å². The molecule has 4 aromatic rings. The minimum Gasteiger partial charge on any atom is -0.466 e. The van der Waals surface area contributed by atoms with E-state index in [1.807, 2.05) is 44.0 Å². The number of amides is 1. The first kappa shape index (κ1) is 31.0. The summed E-state index contributed by atoms with van der Waals surface area (Å²) in [5.41, 5.74) is 3.38. The average Bonchev–Trinajstić information content (AvgIpc) is 3.43. The number of fused-ring (bicyclic) bond motifs is 1. The summed E-state index contributed by atoms with van der Waals surface area (Å²) >= 11 is 0. The zero-order valence-electron chi connectivity index (χ0n) is 25.2. The first-order valence-corrected chi connectivity index (χ1v) is 14.4. The molecule has 5 rings (SSSR count). The summed E-state index contributed by atoms with van der Waals surface area (Å²) in [6, 6.07) is 10.7. The number of methoxy groups -OCH3 is 1. The Morgan fingerprint density at radius 1 is 1.07 bits per heavy atom. The number of hydrogen-bond donors (Lipinski definition) is 0. The Kier molecular flexibility index (Phi) is 8.91. The maximum atomic E-state index is 14.2. The first-order chi connectivity index (χ1) is 21.0. The standard InChI is InChI=1S/C32H34F3N5O4/c1-6-44-29(41)14-20-10-11-39(17-26(20)43-5)32(42)25-15-27-36-24(21-12-22(33)30(35)23(34)13-21)16-28(40(27)37-25)38(4)31-18(2)8-7-9-19(31)3/h7-9,12-13,15-16,20,26H,6,10-11,14,17H2,1-5H3/t20-,26-/m0/s1. The number of benzene rings is 2. The molecule has 1 aliphatic heterocycles. The second kappa shape index (κ2) is 12.7. The summed E-state index contributed by atoms with van der Waals surface area (Å²) in [5.74, 6) is -4.53. The summed E-state index contributed by atoms with van der Waals surface area (Å²) in [4.78, 5) is 33.8. The number of piperidine rings is 1. The van der Waals surface area contributed by atoms with Crippen molar-refractivity contribution in [2.45, 2.75) is 39.7 Å². The number of aromatic nitrogens is 3.